The summed E-state index contributed by atoms with van der Waals surface area (Å²) in [5.74, 6) is -2.63. The van der Waals surface area contributed by atoms with Gasteiger partial charge in [-0.15, -0.1) is 0 Å². The van der Waals surface area contributed by atoms with Gasteiger partial charge >= 0.3 is 5.97 Å². The number of nitrogens with zero attached hydrogens (tertiary/aromatic N) is 1. The van der Waals surface area contributed by atoms with Gasteiger partial charge in [0.15, 0.2) is 11.5 Å². The summed E-state index contributed by atoms with van der Waals surface area (Å²) in [4.78, 5) is 10.6. The summed E-state index contributed by atoms with van der Waals surface area (Å²) in [7, 11) is 0. The van der Waals surface area contributed by atoms with Gasteiger partial charge in [-0.3, -0.25) is 0 Å². The molecule has 0 aliphatic rings. The highest BCUT2D eigenvalue weighted by Gasteiger charge is 2.13. The van der Waals surface area contributed by atoms with Gasteiger partial charge in [0.25, 0.3) is 0 Å². The van der Waals surface area contributed by atoms with Crippen LogP contribution >= 0.6 is 15.9 Å². The lowest BCUT2D eigenvalue weighted by Gasteiger charge is -2.07. The maximum Gasteiger partial charge on any atom is 0.358 e. The summed E-state index contributed by atoms with van der Waals surface area (Å²) < 4.78 is 31.9. The topological polar surface area (TPSA) is 75.4 Å². The van der Waals surface area contributed by atoms with E-state index in [1.54, 1.807) is 0 Å². The second kappa shape index (κ2) is 5.35. The average Bonchev–Trinajstić information content (AvgIpc) is 2.76. The summed E-state index contributed by atoms with van der Waals surface area (Å²) in [6, 6.07) is 3.38. The third kappa shape index (κ3) is 3.08. The molecule has 19 heavy (non-hydrogen) atoms. The van der Waals surface area contributed by atoms with Gasteiger partial charge in [0.1, 0.15) is 17.3 Å². The Labute approximate surface area is 114 Å². The van der Waals surface area contributed by atoms with Gasteiger partial charge in [-0.2, -0.15) is 0 Å². The molecule has 8 heteroatoms. The van der Waals surface area contributed by atoms with E-state index in [1.165, 1.54) is 6.07 Å². The van der Waals surface area contributed by atoms with E-state index in [0.29, 0.717) is 0 Å². The second-order valence-corrected chi connectivity index (χ2v) is 4.50. The molecule has 0 atom stereocenters. The lowest BCUT2D eigenvalue weighted by molar-refractivity contribution is 0.0685. The van der Waals surface area contributed by atoms with Crippen molar-refractivity contribution in [1.82, 2.24) is 5.16 Å². The van der Waals surface area contributed by atoms with Crippen LogP contribution in [0.15, 0.2) is 27.2 Å². The Morgan fingerprint density at radius 2 is 2.00 bits per heavy atom. The number of aromatic nitrogens is 1. The summed E-state index contributed by atoms with van der Waals surface area (Å²) in [6.07, 6.45) is 0. The molecule has 0 bridgehead atoms. The number of hydrogen-bond donors (Lipinski definition) is 2. The Morgan fingerprint density at radius 3 is 2.53 bits per heavy atom. The maximum atomic E-state index is 13.5. The molecule has 1 aromatic carbocycles. The Bertz CT molecular complexity index is 607. The number of nitrogens with one attached hydrogen (secondary N) is 1. The minimum Gasteiger partial charge on any atom is -0.476 e. The van der Waals surface area contributed by atoms with Crippen molar-refractivity contribution in [3.63, 3.8) is 0 Å². The van der Waals surface area contributed by atoms with Crippen LogP contribution in [-0.4, -0.2) is 16.2 Å². The van der Waals surface area contributed by atoms with Gasteiger partial charge in [0.05, 0.1) is 6.54 Å². The van der Waals surface area contributed by atoms with Gasteiger partial charge in [-0.05, 0) is 12.1 Å². The van der Waals surface area contributed by atoms with Crippen molar-refractivity contribution in [2.75, 3.05) is 5.32 Å². The van der Waals surface area contributed by atoms with Crippen molar-refractivity contribution in [3.8, 4) is 0 Å². The highest BCUT2D eigenvalue weighted by molar-refractivity contribution is 9.10. The van der Waals surface area contributed by atoms with Gasteiger partial charge in [0, 0.05) is 10.5 Å². The summed E-state index contributed by atoms with van der Waals surface area (Å²) in [5.41, 5.74) is -0.593. The molecule has 0 saturated heterocycles. The number of hydrogen-bond acceptors (Lipinski definition) is 4. The van der Waals surface area contributed by atoms with Crippen LogP contribution in [0.2, 0.25) is 0 Å². The van der Waals surface area contributed by atoms with Crippen molar-refractivity contribution in [3.05, 3.63) is 45.8 Å². The van der Waals surface area contributed by atoms with Crippen LogP contribution in [-0.2, 0) is 6.54 Å². The second-order valence-electron chi connectivity index (χ2n) is 3.58. The SMILES string of the molecule is O=C(O)c1cc(CNc2c(F)cc(Br)cc2F)on1. The molecule has 1 heterocycles. The van der Waals surface area contributed by atoms with E-state index in [1.807, 2.05) is 0 Å². The first-order chi connectivity index (χ1) is 8.97. The molecular formula is C11H7BrF2N2O3. The summed E-state index contributed by atoms with van der Waals surface area (Å²) in [5, 5.41) is 14.4. The molecule has 2 N–H and O–H groups in total. The largest absolute Gasteiger partial charge is 0.476 e. The molecule has 0 aliphatic carbocycles. The summed E-state index contributed by atoms with van der Waals surface area (Å²) in [6.45, 7) is -0.0875. The van der Waals surface area contributed by atoms with Crippen LogP contribution in [0.3, 0.4) is 0 Å². The van der Waals surface area contributed by atoms with E-state index in [2.05, 4.69) is 26.4 Å². The lowest BCUT2D eigenvalue weighted by Crippen LogP contribution is -2.03. The van der Waals surface area contributed by atoms with E-state index in [-0.39, 0.29) is 28.2 Å². The van der Waals surface area contributed by atoms with E-state index in [9.17, 15) is 13.6 Å². The van der Waals surface area contributed by atoms with Crippen LogP contribution in [0.25, 0.3) is 0 Å². The first kappa shape index (κ1) is 13.5. The summed E-state index contributed by atoms with van der Waals surface area (Å²) >= 11 is 2.96. The van der Waals surface area contributed by atoms with E-state index in [0.717, 1.165) is 12.1 Å². The quantitative estimate of drug-likeness (QED) is 0.900. The predicted octanol–water partition coefficient (Wildman–Crippen LogP) is 3.03. The first-order valence-corrected chi connectivity index (χ1v) is 5.84. The molecule has 0 saturated carbocycles. The number of carboxylic acids is 1. The fraction of sp³-hybridized carbons (Fsp3) is 0.0909. The molecule has 2 aromatic rings. The monoisotopic (exact) mass is 332 g/mol. The average molecular weight is 333 g/mol. The smallest absolute Gasteiger partial charge is 0.358 e. The Morgan fingerprint density at radius 1 is 1.37 bits per heavy atom. The van der Waals surface area contributed by atoms with Crippen LogP contribution in [0, 0.1) is 11.6 Å². The molecule has 0 aliphatic heterocycles. The third-order valence-corrected chi connectivity index (χ3v) is 2.68. The molecule has 0 amide bonds. The Kier molecular flexibility index (Phi) is 3.79. The van der Waals surface area contributed by atoms with Crippen molar-refractivity contribution >= 4 is 27.6 Å². The standard InChI is InChI=1S/C11H7BrF2N2O3/c12-5-1-7(13)10(8(14)2-5)15-4-6-3-9(11(17)18)16-19-6/h1-3,15H,4H2,(H,17,18). The number of halogens is 3. The van der Waals surface area contributed by atoms with E-state index < -0.39 is 17.6 Å². The number of rotatable bonds is 4. The minimum atomic E-state index is -1.24. The Balaban J connectivity index is 2.12. The molecule has 0 spiro atoms. The minimum absolute atomic E-state index is 0.0875. The van der Waals surface area contributed by atoms with Crippen LogP contribution in [0.1, 0.15) is 16.2 Å². The molecule has 2 rings (SSSR count). The lowest BCUT2D eigenvalue weighted by atomic mass is 10.3. The number of carbonyl (C=O) groups is 1. The van der Waals surface area contributed by atoms with Crippen molar-refractivity contribution < 1.29 is 23.2 Å². The van der Waals surface area contributed by atoms with Gasteiger partial charge in [-0.25, -0.2) is 13.6 Å². The molecule has 0 fully saturated rings. The molecule has 100 valence electrons. The van der Waals surface area contributed by atoms with Gasteiger partial charge in [-0.1, -0.05) is 21.1 Å². The first-order valence-electron chi connectivity index (χ1n) is 5.04. The highest BCUT2D eigenvalue weighted by atomic mass is 79.9. The zero-order valence-corrected chi connectivity index (χ0v) is 10.9. The zero-order chi connectivity index (χ0) is 14.0. The molecule has 1 aromatic heterocycles. The van der Waals surface area contributed by atoms with Crippen molar-refractivity contribution in [2.24, 2.45) is 0 Å². The Hall–Kier alpha value is -1.96. The van der Waals surface area contributed by atoms with Crippen LogP contribution in [0.4, 0.5) is 14.5 Å². The highest BCUT2D eigenvalue weighted by Crippen LogP contribution is 2.24. The van der Waals surface area contributed by atoms with Crippen LogP contribution in [0.5, 0.6) is 0 Å². The number of benzene rings is 1. The molecule has 0 unspecified atom stereocenters. The molecular weight excluding hydrogens is 326 g/mol. The fourth-order valence-electron chi connectivity index (χ4n) is 1.38. The van der Waals surface area contributed by atoms with Crippen LogP contribution < -0.4 is 5.32 Å². The van der Waals surface area contributed by atoms with Gasteiger partial charge in [0.2, 0.25) is 0 Å². The van der Waals surface area contributed by atoms with E-state index >= 15 is 0 Å². The number of aromatic carboxylic acids is 1. The number of carboxylic acid groups (broad SMARTS) is 1. The zero-order valence-electron chi connectivity index (χ0n) is 9.28. The van der Waals surface area contributed by atoms with Crippen molar-refractivity contribution in [2.45, 2.75) is 6.54 Å². The predicted molar refractivity (Wildman–Crippen MR) is 64.8 cm³/mol. The van der Waals surface area contributed by atoms with Crippen molar-refractivity contribution in [1.29, 1.82) is 0 Å². The maximum absolute atomic E-state index is 13.5. The molecule has 5 nitrogen and oxygen atoms in total. The molecule has 0 radical (unpaired) electrons. The fourth-order valence-corrected chi connectivity index (χ4v) is 1.79. The number of anilines is 1. The normalized spacial score (nSPS) is 10.5. The van der Waals surface area contributed by atoms with Gasteiger partial charge < -0.3 is 14.9 Å². The van der Waals surface area contributed by atoms with E-state index in [4.69, 9.17) is 9.63 Å². The third-order valence-electron chi connectivity index (χ3n) is 2.22.